The van der Waals surface area contributed by atoms with Gasteiger partial charge in [0, 0.05) is 23.6 Å². The molecule has 6 heteroatoms. The normalized spacial score (nSPS) is 22.7. The van der Waals surface area contributed by atoms with E-state index in [1.54, 1.807) is 13.0 Å². The number of nitrogens with one attached hydrogen (secondary N) is 1. The van der Waals surface area contributed by atoms with E-state index >= 15 is 0 Å². The minimum atomic E-state index is -3.48. The molecule has 2 aromatic rings. The fraction of sp³-hybridized carbons (Fsp3) is 0.217. The number of benzene rings is 2. The fourth-order valence-corrected chi connectivity index (χ4v) is 4.41. The Morgan fingerprint density at radius 1 is 1.00 bits per heavy atom. The number of hydrogen-bond acceptors (Lipinski definition) is 4. The minimum Gasteiger partial charge on any atom is -0.493 e. The van der Waals surface area contributed by atoms with Gasteiger partial charge in [-0.1, -0.05) is 36.4 Å². The summed E-state index contributed by atoms with van der Waals surface area (Å²) in [7, 11) is -3.48. The van der Waals surface area contributed by atoms with Crippen LogP contribution in [0.25, 0.3) is 5.57 Å². The first-order valence-electron chi connectivity index (χ1n) is 9.58. The van der Waals surface area contributed by atoms with Crippen molar-refractivity contribution in [2.45, 2.75) is 26.2 Å². The van der Waals surface area contributed by atoms with Gasteiger partial charge in [0.15, 0.2) is 0 Å². The van der Waals surface area contributed by atoms with Crippen LogP contribution in [-0.2, 0) is 16.4 Å². The van der Waals surface area contributed by atoms with Crippen molar-refractivity contribution in [2.75, 3.05) is 6.61 Å². The summed E-state index contributed by atoms with van der Waals surface area (Å²) in [5.74, 6) is 2.33. The molecule has 0 aromatic heterocycles. The highest BCUT2D eigenvalue weighted by Gasteiger charge is 2.14. The third-order valence-corrected chi connectivity index (χ3v) is 6.03. The molecule has 29 heavy (non-hydrogen) atoms. The summed E-state index contributed by atoms with van der Waals surface area (Å²) < 4.78 is 38.4. The zero-order valence-corrected chi connectivity index (χ0v) is 17.0. The molecule has 2 heterocycles. The van der Waals surface area contributed by atoms with Gasteiger partial charge in [-0.05, 0) is 54.7 Å². The van der Waals surface area contributed by atoms with Crippen molar-refractivity contribution in [2.24, 2.45) is 0 Å². The van der Waals surface area contributed by atoms with Crippen LogP contribution in [0.4, 0.5) is 0 Å². The molecular formula is C23H23NO4S. The Balaban J connectivity index is 1.56. The number of sulfonamides is 1. The molecule has 0 fully saturated rings. The lowest BCUT2D eigenvalue weighted by atomic mass is 10.0. The molecule has 0 amide bonds. The standard InChI is InChI=1S/C23H23NO4S/c1-17-22(6-4-2-3-5-15-29(25,26)24-17)18-7-10-20(11-8-18)28-21-12-9-19-13-14-27-23(19)16-21/h2,4-5,7-12,15-16,24H,3,6,13-14H2,1H3/b4-2-,15-5-,22-17-. The van der Waals surface area contributed by atoms with Crippen LogP contribution in [-0.4, -0.2) is 15.0 Å². The lowest BCUT2D eigenvalue weighted by Crippen LogP contribution is -2.20. The molecule has 0 bridgehead atoms. The van der Waals surface area contributed by atoms with Crippen LogP contribution in [0.3, 0.4) is 0 Å². The van der Waals surface area contributed by atoms with Crippen molar-refractivity contribution in [1.82, 2.24) is 4.72 Å². The molecular weight excluding hydrogens is 386 g/mol. The second kappa shape index (κ2) is 8.17. The summed E-state index contributed by atoms with van der Waals surface area (Å²) in [6, 6.07) is 13.6. The van der Waals surface area contributed by atoms with E-state index in [4.69, 9.17) is 9.47 Å². The van der Waals surface area contributed by atoms with E-state index in [0.29, 0.717) is 24.3 Å². The Labute approximate surface area is 171 Å². The third kappa shape index (κ3) is 4.71. The Hall–Kier alpha value is -2.99. The second-order valence-electron chi connectivity index (χ2n) is 7.03. The maximum atomic E-state index is 12.1. The van der Waals surface area contributed by atoms with E-state index in [9.17, 15) is 8.42 Å². The van der Waals surface area contributed by atoms with Gasteiger partial charge in [0.2, 0.25) is 0 Å². The summed E-state index contributed by atoms with van der Waals surface area (Å²) in [5, 5.41) is 1.21. The Bertz CT molecular complexity index is 1100. The lowest BCUT2D eigenvalue weighted by molar-refractivity contribution is 0.355. The van der Waals surface area contributed by atoms with Crippen molar-refractivity contribution in [1.29, 1.82) is 0 Å². The number of fused-ring (bicyclic) bond motifs is 1. The first kappa shape index (κ1) is 19.3. The zero-order valence-electron chi connectivity index (χ0n) is 16.2. The molecule has 0 atom stereocenters. The van der Waals surface area contributed by atoms with E-state index in [-0.39, 0.29) is 0 Å². The SMILES string of the molecule is C/C1=C(/c2ccc(Oc3ccc4c(c3)OCC4)cc2)C/C=C\C/C=C\S(=O)(=O)N1. The van der Waals surface area contributed by atoms with Crippen LogP contribution < -0.4 is 14.2 Å². The molecule has 0 radical (unpaired) electrons. The highest BCUT2D eigenvalue weighted by atomic mass is 32.2. The van der Waals surface area contributed by atoms with Crippen LogP contribution in [0.5, 0.6) is 17.2 Å². The number of allylic oxidation sites excluding steroid dienone is 5. The largest absolute Gasteiger partial charge is 0.493 e. The quantitative estimate of drug-likeness (QED) is 0.730. The van der Waals surface area contributed by atoms with Crippen LogP contribution in [0.1, 0.15) is 30.9 Å². The molecule has 0 aliphatic carbocycles. The van der Waals surface area contributed by atoms with E-state index in [1.807, 2.05) is 48.5 Å². The molecule has 4 rings (SSSR count). The van der Waals surface area contributed by atoms with Gasteiger partial charge in [-0.2, -0.15) is 0 Å². The summed E-state index contributed by atoms with van der Waals surface area (Å²) in [6.45, 7) is 2.50. The molecule has 2 aliphatic heterocycles. The zero-order chi connectivity index (χ0) is 20.3. The average molecular weight is 410 g/mol. The Morgan fingerprint density at radius 2 is 1.79 bits per heavy atom. The maximum Gasteiger partial charge on any atom is 0.254 e. The van der Waals surface area contributed by atoms with Crippen molar-refractivity contribution in [3.05, 3.63) is 82.9 Å². The highest BCUT2D eigenvalue weighted by molar-refractivity contribution is 7.92. The molecule has 150 valence electrons. The molecule has 0 spiro atoms. The van der Waals surface area contributed by atoms with Crippen LogP contribution in [0.2, 0.25) is 0 Å². The van der Waals surface area contributed by atoms with Gasteiger partial charge >= 0.3 is 0 Å². The van der Waals surface area contributed by atoms with Gasteiger partial charge in [0.25, 0.3) is 10.0 Å². The fourth-order valence-electron chi connectivity index (χ4n) is 3.43. The molecule has 2 aromatic carbocycles. The average Bonchev–Trinajstić information content (AvgIpc) is 3.15. The maximum absolute atomic E-state index is 12.1. The van der Waals surface area contributed by atoms with Crippen LogP contribution in [0, 0.1) is 0 Å². The van der Waals surface area contributed by atoms with Gasteiger partial charge < -0.3 is 9.47 Å². The molecule has 1 N–H and O–H groups in total. The van der Waals surface area contributed by atoms with E-state index in [0.717, 1.165) is 35.7 Å². The molecule has 0 saturated carbocycles. The summed E-state index contributed by atoms with van der Waals surface area (Å²) in [4.78, 5) is 0. The smallest absolute Gasteiger partial charge is 0.254 e. The van der Waals surface area contributed by atoms with Gasteiger partial charge in [-0.25, -0.2) is 8.42 Å². The van der Waals surface area contributed by atoms with Gasteiger partial charge in [-0.15, -0.1) is 0 Å². The third-order valence-electron chi connectivity index (χ3n) is 4.89. The predicted octanol–water partition coefficient (Wildman–Crippen LogP) is 4.93. The van der Waals surface area contributed by atoms with Crippen molar-refractivity contribution < 1.29 is 17.9 Å². The van der Waals surface area contributed by atoms with Gasteiger partial charge in [0.05, 0.1) is 6.61 Å². The topological polar surface area (TPSA) is 64.6 Å². The lowest BCUT2D eigenvalue weighted by Gasteiger charge is -2.14. The molecule has 5 nitrogen and oxygen atoms in total. The highest BCUT2D eigenvalue weighted by Crippen LogP contribution is 2.32. The van der Waals surface area contributed by atoms with Crippen LogP contribution >= 0.6 is 0 Å². The van der Waals surface area contributed by atoms with E-state index in [1.165, 1.54) is 11.0 Å². The Morgan fingerprint density at radius 3 is 2.62 bits per heavy atom. The first-order chi connectivity index (χ1) is 14.0. The van der Waals surface area contributed by atoms with Crippen molar-refractivity contribution >= 4 is 15.6 Å². The van der Waals surface area contributed by atoms with Gasteiger partial charge in [-0.3, -0.25) is 4.72 Å². The number of rotatable bonds is 3. The Kier molecular flexibility index (Phi) is 5.45. The molecule has 0 unspecified atom stereocenters. The first-order valence-corrected chi connectivity index (χ1v) is 11.1. The number of ether oxygens (including phenoxy) is 2. The van der Waals surface area contributed by atoms with Gasteiger partial charge in [0.1, 0.15) is 17.2 Å². The minimum absolute atomic E-state index is 0.588. The van der Waals surface area contributed by atoms with Crippen molar-refractivity contribution in [3.8, 4) is 17.2 Å². The summed E-state index contributed by atoms with van der Waals surface area (Å²) in [6.07, 6.45) is 7.82. The van der Waals surface area contributed by atoms with Crippen LogP contribution in [0.15, 0.2) is 71.8 Å². The number of hydrogen-bond donors (Lipinski definition) is 1. The summed E-state index contributed by atoms with van der Waals surface area (Å²) in [5.41, 5.74) is 3.70. The second-order valence-corrected chi connectivity index (χ2v) is 8.59. The monoisotopic (exact) mass is 409 g/mol. The predicted molar refractivity (Wildman–Crippen MR) is 114 cm³/mol. The summed E-state index contributed by atoms with van der Waals surface area (Å²) >= 11 is 0. The molecule has 0 saturated heterocycles. The van der Waals surface area contributed by atoms with Crippen molar-refractivity contribution in [3.63, 3.8) is 0 Å². The molecule has 2 aliphatic rings. The van der Waals surface area contributed by atoms with E-state index < -0.39 is 10.0 Å². The van der Waals surface area contributed by atoms with E-state index in [2.05, 4.69) is 10.8 Å².